The van der Waals surface area contributed by atoms with E-state index in [2.05, 4.69) is 34.1 Å². The first-order chi connectivity index (χ1) is 14.7. The van der Waals surface area contributed by atoms with Gasteiger partial charge in [0.2, 0.25) is 5.13 Å². The molecule has 0 atom stereocenters. The summed E-state index contributed by atoms with van der Waals surface area (Å²) in [5.74, 6) is -0.753. The zero-order chi connectivity index (χ0) is 22.6. The number of carbonyl (C=O) groups excluding carboxylic acids is 1. The highest BCUT2D eigenvalue weighted by Crippen LogP contribution is 2.29. The molecule has 0 bridgehead atoms. The van der Waals surface area contributed by atoms with Gasteiger partial charge in [0, 0.05) is 11.5 Å². The molecule has 0 unspecified atom stereocenters. The van der Waals surface area contributed by atoms with Crippen LogP contribution in [0.25, 0.3) is 0 Å². The Morgan fingerprint density at radius 2 is 1.81 bits per heavy atom. The molecule has 7 nitrogen and oxygen atoms in total. The highest BCUT2D eigenvalue weighted by molar-refractivity contribution is 7.92. The standard InChI is InChI=1S/C20H20ClFN4O3S2/c1-3-12(4-2)19-24-25-20(30-19)23-18(27)13-5-10-16(21)17(11-13)26-31(28,29)15-8-6-14(22)7-9-15/h5-12,26H,3-4H2,1-2H3,(H,23,25,27). The van der Waals surface area contributed by atoms with E-state index in [0.29, 0.717) is 5.13 Å². The van der Waals surface area contributed by atoms with Crippen molar-refractivity contribution in [1.29, 1.82) is 0 Å². The van der Waals surface area contributed by atoms with E-state index < -0.39 is 21.7 Å². The first-order valence-electron chi connectivity index (χ1n) is 9.46. The maximum absolute atomic E-state index is 13.1. The summed E-state index contributed by atoms with van der Waals surface area (Å²) in [4.78, 5) is 12.5. The summed E-state index contributed by atoms with van der Waals surface area (Å²) in [5.41, 5.74) is 0.203. The molecule has 31 heavy (non-hydrogen) atoms. The van der Waals surface area contributed by atoms with Crippen LogP contribution in [0.15, 0.2) is 47.4 Å². The van der Waals surface area contributed by atoms with Crippen molar-refractivity contribution < 1.29 is 17.6 Å². The van der Waals surface area contributed by atoms with Crippen LogP contribution in [0.1, 0.15) is 48.0 Å². The lowest BCUT2D eigenvalue weighted by molar-refractivity contribution is 0.102. The van der Waals surface area contributed by atoms with Crippen LogP contribution in [0.2, 0.25) is 5.02 Å². The number of benzene rings is 2. The molecule has 0 fully saturated rings. The van der Waals surface area contributed by atoms with Crippen LogP contribution in [-0.4, -0.2) is 24.5 Å². The van der Waals surface area contributed by atoms with Crippen molar-refractivity contribution in [3.05, 3.63) is 63.9 Å². The number of amides is 1. The van der Waals surface area contributed by atoms with Crippen LogP contribution >= 0.6 is 22.9 Å². The van der Waals surface area contributed by atoms with Gasteiger partial charge in [0.15, 0.2) is 0 Å². The highest BCUT2D eigenvalue weighted by Gasteiger charge is 2.19. The summed E-state index contributed by atoms with van der Waals surface area (Å²) in [7, 11) is -4.02. The van der Waals surface area contributed by atoms with Crippen LogP contribution in [0, 0.1) is 5.82 Å². The zero-order valence-corrected chi connectivity index (χ0v) is 19.1. The smallest absolute Gasteiger partial charge is 0.261 e. The van der Waals surface area contributed by atoms with Crippen molar-refractivity contribution in [1.82, 2.24) is 10.2 Å². The topological polar surface area (TPSA) is 101 Å². The van der Waals surface area contributed by atoms with E-state index in [1.54, 1.807) is 0 Å². The number of sulfonamides is 1. The Morgan fingerprint density at radius 3 is 2.45 bits per heavy atom. The summed E-state index contributed by atoms with van der Waals surface area (Å²) in [6.07, 6.45) is 1.85. The molecule has 1 aromatic heterocycles. The monoisotopic (exact) mass is 482 g/mol. The average molecular weight is 483 g/mol. The number of halogens is 2. The van der Waals surface area contributed by atoms with E-state index in [1.165, 1.54) is 29.5 Å². The molecule has 11 heteroatoms. The van der Waals surface area contributed by atoms with E-state index in [0.717, 1.165) is 42.1 Å². The molecule has 0 aliphatic carbocycles. The number of anilines is 2. The summed E-state index contributed by atoms with van der Waals surface area (Å²) in [5, 5.41) is 12.1. The average Bonchev–Trinajstić information content (AvgIpc) is 3.19. The first kappa shape index (κ1) is 23.1. The lowest BCUT2D eigenvalue weighted by atomic mass is 10.1. The number of aromatic nitrogens is 2. The summed E-state index contributed by atoms with van der Waals surface area (Å²) >= 11 is 7.42. The van der Waals surface area contributed by atoms with Crippen molar-refractivity contribution >= 4 is 49.7 Å². The first-order valence-corrected chi connectivity index (χ1v) is 12.1. The van der Waals surface area contributed by atoms with Gasteiger partial charge >= 0.3 is 0 Å². The van der Waals surface area contributed by atoms with Gasteiger partial charge < -0.3 is 0 Å². The summed E-state index contributed by atoms with van der Waals surface area (Å²) in [6, 6.07) is 8.55. The Hall–Kier alpha value is -2.56. The molecule has 0 saturated heterocycles. The Labute approximate surface area is 188 Å². The molecule has 2 aromatic carbocycles. The van der Waals surface area contributed by atoms with Crippen LogP contribution in [0.5, 0.6) is 0 Å². The predicted molar refractivity (Wildman–Crippen MR) is 120 cm³/mol. The predicted octanol–water partition coefficient (Wildman–Crippen LogP) is 5.29. The van der Waals surface area contributed by atoms with Gasteiger partial charge in [-0.3, -0.25) is 14.8 Å². The van der Waals surface area contributed by atoms with E-state index in [-0.39, 0.29) is 27.1 Å². The van der Waals surface area contributed by atoms with Gasteiger partial charge in [-0.05, 0) is 55.3 Å². The normalized spacial score (nSPS) is 11.5. The molecular weight excluding hydrogens is 463 g/mol. The van der Waals surface area contributed by atoms with E-state index >= 15 is 0 Å². The van der Waals surface area contributed by atoms with Crippen molar-refractivity contribution in [2.24, 2.45) is 0 Å². The van der Waals surface area contributed by atoms with Crippen LogP contribution < -0.4 is 10.0 Å². The number of nitrogens with zero attached hydrogens (tertiary/aromatic N) is 2. The molecule has 3 aromatic rings. The third-order valence-electron chi connectivity index (χ3n) is 4.59. The van der Waals surface area contributed by atoms with Gasteiger partial charge in [0.25, 0.3) is 15.9 Å². The van der Waals surface area contributed by atoms with E-state index in [4.69, 9.17) is 11.6 Å². The van der Waals surface area contributed by atoms with Gasteiger partial charge in [-0.1, -0.05) is 36.8 Å². The van der Waals surface area contributed by atoms with Crippen molar-refractivity contribution in [2.45, 2.75) is 37.5 Å². The number of nitrogens with one attached hydrogen (secondary N) is 2. The maximum Gasteiger partial charge on any atom is 0.261 e. The molecule has 0 saturated carbocycles. The molecule has 164 valence electrons. The third kappa shape index (κ3) is 5.57. The van der Waals surface area contributed by atoms with Crippen molar-refractivity contribution in [3.8, 4) is 0 Å². The fourth-order valence-corrected chi connectivity index (χ4v) is 5.12. The molecule has 0 radical (unpaired) electrons. The van der Waals surface area contributed by atoms with Crippen LogP contribution in [-0.2, 0) is 10.0 Å². The lowest BCUT2D eigenvalue weighted by Gasteiger charge is -2.11. The molecule has 0 aliphatic rings. The van der Waals surface area contributed by atoms with E-state index in [1.807, 2.05) is 0 Å². The Morgan fingerprint density at radius 1 is 1.13 bits per heavy atom. The molecule has 2 N–H and O–H groups in total. The van der Waals surface area contributed by atoms with Crippen LogP contribution in [0.3, 0.4) is 0 Å². The molecule has 1 amide bonds. The zero-order valence-electron chi connectivity index (χ0n) is 16.7. The van der Waals surface area contributed by atoms with Gasteiger partial charge in [-0.15, -0.1) is 10.2 Å². The Balaban J connectivity index is 1.79. The fourth-order valence-electron chi connectivity index (χ4n) is 2.82. The Bertz CT molecular complexity index is 1180. The second-order valence-electron chi connectivity index (χ2n) is 6.67. The molecule has 1 heterocycles. The number of hydrogen-bond acceptors (Lipinski definition) is 6. The minimum atomic E-state index is -4.02. The summed E-state index contributed by atoms with van der Waals surface area (Å²) < 4.78 is 40.5. The minimum Gasteiger partial charge on any atom is -0.296 e. The summed E-state index contributed by atoms with van der Waals surface area (Å²) in [6.45, 7) is 4.13. The highest BCUT2D eigenvalue weighted by atomic mass is 35.5. The molecule has 0 aliphatic heterocycles. The fraction of sp³-hybridized carbons (Fsp3) is 0.250. The quantitative estimate of drug-likeness (QED) is 0.454. The second kappa shape index (κ2) is 9.71. The second-order valence-corrected chi connectivity index (χ2v) is 9.77. The van der Waals surface area contributed by atoms with Crippen LogP contribution in [0.4, 0.5) is 15.2 Å². The maximum atomic E-state index is 13.1. The molecule has 3 rings (SSSR count). The number of carbonyl (C=O) groups is 1. The number of hydrogen-bond donors (Lipinski definition) is 2. The van der Waals surface area contributed by atoms with Crippen molar-refractivity contribution in [2.75, 3.05) is 10.0 Å². The Kier molecular flexibility index (Phi) is 7.24. The van der Waals surface area contributed by atoms with Gasteiger partial charge in [-0.25, -0.2) is 12.8 Å². The molecular formula is C20H20ClFN4O3S2. The van der Waals surface area contributed by atoms with E-state index in [9.17, 15) is 17.6 Å². The van der Waals surface area contributed by atoms with Gasteiger partial charge in [0.05, 0.1) is 15.6 Å². The largest absolute Gasteiger partial charge is 0.296 e. The van der Waals surface area contributed by atoms with Gasteiger partial charge in [-0.2, -0.15) is 0 Å². The van der Waals surface area contributed by atoms with Gasteiger partial charge in [0.1, 0.15) is 10.8 Å². The SMILES string of the molecule is CCC(CC)c1nnc(NC(=O)c2ccc(Cl)c(NS(=O)(=O)c3ccc(F)cc3)c2)s1. The molecule has 0 spiro atoms. The number of rotatable bonds is 8. The van der Waals surface area contributed by atoms with Crippen molar-refractivity contribution in [3.63, 3.8) is 0 Å². The third-order valence-corrected chi connectivity index (χ3v) is 7.30. The lowest BCUT2D eigenvalue weighted by Crippen LogP contribution is -2.15. The minimum absolute atomic E-state index is 0.0219.